The summed E-state index contributed by atoms with van der Waals surface area (Å²) in [5, 5.41) is 2.46. The molecule has 2 aromatic rings. The largest absolute Gasteiger partial charge is 0.438 e. The highest BCUT2D eigenvalue weighted by atomic mass is 32.2. The van der Waals surface area contributed by atoms with Crippen molar-refractivity contribution in [2.45, 2.75) is 25.9 Å². The monoisotopic (exact) mass is 322 g/mol. The molecule has 0 atom stereocenters. The number of anilines is 1. The van der Waals surface area contributed by atoms with E-state index in [-0.39, 0.29) is 10.9 Å². The Hall–Kier alpha value is -2.12. The van der Waals surface area contributed by atoms with E-state index in [1.165, 1.54) is 19.2 Å². The van der Waals surface area contributed by atoms with E-state index in [9.17, 15) is 13.2 Å². The van der Waals surface area contributed by atoms with E-state index in [1.807, 2.05) is 32.9 Å². The molecule has 0 aliphatic carbocycles. The number of hydrogen-bond acceptors (Lipinski definition) is 4. The van der Waals surface area contributed by atoms with Gasteiger partial charge in [0.25, 0.3) is 15.9 Å². The summed E-state index contributed by atoms with van der Waals surface area (Å²) in [6, 6.07) is 6.50. The second kappa shape index (κ2) is 5.94. The van der Waals surface area contributed by atoms with Gasteiger partial charge in [-0.05, 0) is 51.1 Å². The van der Waals surface area contributed by atoms with E-state index in [0.717, 1.165) is 16.7 Å². The van der Waals surface area contributed by atoms with Crippen molar-refractivity contribution in [3.05, 3.63) is 46.7 Å². The maximum absolute atomic E-state index is 12.2. The van der Waals surface area contributed by atoms with Crippen LogP contribution >= 0.6 is 0 Å². The normalized spacial score (nSPS) is 11.5. The molecule has 1 aromatic carbocycles. The first kappa shape index (κ1) is 16.3. The SMILES string of the molecule is CNS(=O)(=O)c1ccc(C(=O)Nc2c(C)cc(C)cc2C)o1. The lowest BCUT2D eigenvalue weighted by Gasteiger charge is -2.11. The van der Waals surface area contributed by atoms with Gasteiger partial charge in [0.2, 0.25) is 5.09 Å². The number of carbonyl (C=O) groups excluding carboxylic acids is 1. The van der Waals surface area contributed by atoms with Crippen molar-refractivity contribution in [1.82, 2.24) is 4.72 Å². The van der Waals surface area contributed by atoms with Crippen LogP contribution in [0.1, 0.15) is 27.2 Å². The Kier molecular flexibility index (Phi) is 4.39. The maximum Gasteiger partial charge on any atom is 0.291 e. The van der Waals surface area contributed by atoms with Gasteiger partial charge >= 0.3 is 0 Å². The van der Waals surface area contributed by atoms with Crippen LogP contribution in [-0.4, -0.2) is 21.4 Å². The fourth-order valence-corrected chi connectivity index (χ4v) is 2.89. The zero-order chi connectivity index (χ0) is 16.5. The molecule has 22 heavy (non-hydrogen) atoms. The molecule has 0 bridgehead atoms. The minimum absolute atomic E-state index is 0.0619. The van der Waals surface area contributed by atoms with Gasteiger partial charge in [-0.2, -0.15) is 0 Å². The zero-order valence-corrected chi connectivity index (χ0v) is 13.7. The Morgan fingerprint density at radius 3 is 2.23 bits per heavy atom. The molecule has 0 saturated carbocycles. The highest BCUT2D eigenvalue weighted by molar-refractivity contribution is 7.89. The van der Waals surface area contributed by atoms with Crippen molar-refractivity contribution >= 4 is 21.6 Å². The molecule has 1 heterocycles. The molecule has 7 heteroatoms. The Balaban J connectivity index is 2.28. The summed E-state index contributed by atoms with van der Waals surface area (Å²) in [6.07, 6.45) is 0. The number of benzene rings is 1. The number of amides is 1. The van der Waals surface area contributed by atoms with Gasteiger partial charge in [-0.25, -0.2) is 13.1 Å². The minimum atomic E-state index is -3.70. The van der Waals surface area contributed by atoms with Gasteiger partial charge in [-0.3, -0.25) is 4.79 Å². The number of rotatable bonds is 4. The molecular formula is C15H18N2O4S. The average Bonchev–Trinajstić information content (AvgIpc) is 2.93. The van der Waals surface area contributed by atoms with Gasteiger partial charge in [-0.15, -0.1) is 0 Å². The highest BCUT2D eigenvalue weighted by Crippen LogP contribution is 2.23. The van der Waals surface area contributed by atoms with Crippen molar-refractivity contribution in [3.63, 3.8) is 0 Å². The summed E-state index contributed by atoms with van der Waals surface area (Å²) < 4.78 is 30.5. The Labute approximate surface area is 129 Å². The molecule has 2 rings (SSSR count). The van der Waals surface area contributed by atoms with Crippen LogP contribution in [0.4, 0.5) is 5.69 Å². The number of aryl methyl sites for hydroxylation is 3. The first-order chi connectivity index (χ1) is 10.2. The fraction of sp³-hybridized carbons (Fsp3) is 0.267. The van der Waals surface area contributed by atoms with E-state index >= 15 is 0 Å². The van der Waals surface area contributed by atoms with Crippen LogP contribution in [-0.2, 0) is 10.0 Å². The van der Waals surface area contributed by atoms with Crippen LogP contribution < -0.4 is 10.0 Å². The zero-order valence-electron chi connectivity index (χ0n) is 12.9. The smallest absolute Gasteiger partial charge is 0.291 e. The molecule has 0 aliphatic heterocycles. The Bertz CT molecular complexity index is 799. The second-order valence-electron chi connectivity index (χ2n) is 5.05. The lowest BCUT2D eigenvalue weighted by Crippen LogP contribution is -2.18. The van der Waals surface area contributed by atoms with Crippen LogP contribution in [0.25, 0.3) is 0 Å². The van der Waals surface area contributed by atoms with E-state index in [4.69, 9.17) is 4.42 Å². The van der Waals surface area contributed by atoms with Crippen molar-refractivity contribution in [2.24, 2.45) is 0 Å². The average molecular weight is 322 g/mol. The van der Waals surface area contributed by atoms with E-state index in [2.05, 4.69) is 10.0 Å². The van der Waals surface area contributed by atoms with Gasteiger partial charge in [-0.1, -0.05) is 17.7 Å². The van der Waals surface area contributed by atoms with E-state index in [0.29, 0.717) is 5.69 Å². The third-order valence-corrected chi connectivity index (χ3v) is 4.54. The van der Waals surface area contributed by atoms with Crippen molar-refractivity contribution in [3.8, 4) is 0 Å². The minimum Gasteiger partial charge on any atom is -0.438 e. The van der Waals surface area contributed by atoms with Crippen LogP contribution in [0.15, 0.2) is 33.8 Å². The summed E-state index contributed by atoms with van der Waals surface area (Å²) in [7, 11) is -2.43. The number of sulfonamides is 1. The topological polar surface area (TPSA) is 88.4 Å². The lowest BCUT2D eigenvalue weighted by atomic mass is 10.1. The predicted octanol–water partition coefficient (Wildman–Crippen LogP) is 2.37. The van der Waals surface area contributed by atoms with Gasteiger partial charge in [0.05, 0.1) is 0 Å². The van der Waals surface area contributed by atoms with Crippen LogP contribution in [0.2, 0.25) is 0 Å². The molecule has 0 unspecified atom stereocenters. The molecule has 2 N–H and O–H groups in total. The van der Waals surface area contributed by atoms with Crippen LogP contribution in [0, 0.1) is 20.8 Å². The molecule has 6 nitrogen and oxygen atoms in total. The standard InChI is InChI=1S/C15H18N2O4S/c1-9-7-10(2)14(11(3)8-9)17-15(18)12-5-6-13(21-12)22(19,20)16-4/h5-8,16H,1-4H3,(H,17,18). The number of carbonyl (C=O) groups is 1. The summed E-state index contributed by atoms with van der Waals surface area (Å²) in [5.74, 6) is -0.555. The van der Waals surface area contributed by atoms with Crippen LogP contribution in [0.5, 0.6) is 0 Å². The summed E-state index contributed by atoms with van der Waals surface area (Å²) in [6.45, 7) is 5.77. The van der Waals surface area contributed by atoms with Gasteiger partial charge in [0.1, 0.15) is 0 Å². The van der Waals surface area contributed by atoms with E-state index < -0.39 is 15.9 Å². The van der Waals surface area contributed by atoms with Crippen molar-refractivity contribution in [1.29, 1.82) is 0 Å². The molecule has 0 fully saturated rings. The molecule has 0 radical (unpaired) electrons. The molecule has 1 aromatic heterocycles. The Morgan fingerprint density at radius 2 is 1.68 bits per heavy atom. The summed E-state index contributed by atoms with van der Waals surface area (Å²) in [5.41, 5.74) is 3.67. The maximum atomic E-state index is 12.2. The van der Waals surface area contributed by atoms with Gasteiger partial charge in [0, 0.05) is 5.69 Å². The molecule has 0 aliphatic rings. The summed E-state index contributed by atoms with van der Waals surface area (Å²) >= 11 is 0. The van der Waals surface area contributed by atoms with Crippen LogP contribution in [0.3, 0.4) is 0 Å². The highest BCUT2D eigenvalue weighted by Gasteiger charge is 2.20. The molecule has 118 valence electrons. The third-order valence-electron chi connectivity index (χ3n) is 3.25. The van der Waals surface area contributed by atoms with Crippen molar-refractivity contribution in [2.75, 3.05) is 12.4 Å². The van der Waals surface area contributed by atoms with E-state index in [1.54, 1.807) is 0 Å². The van der Waals surface area contributed by atoms with Gasteiger partial charge in [0.15, 0.2) is 5.76 Å². The lowest BCUT2D eigenvalue weighted by molar-refractivity contribution is 0.0991. The van der Waals surface area contributed by atoms with Gasteiger partial charge < -0.3 is 9.73 Å². The fourth-order valence-electron chi connectivity index (χ4n) is 2.24. The second-order valence-corrected chi connectivity index (χ2v) is 6.87. The number of nitrogens with one attached hydrogen (secondary N) is 2. The predicted molar refractivity (Wildman–Crippen MR) is 83.6 cm³/mol. The first-order valence-electron chi connectivity index (χ1n) is 6.67. The molecule has 0 spiro atoms. The number of hydrogen-bond donors (Lipinski definition) is 2. The Morgan fingerprint density at radius 1 is 1.09 bits per heavy atom. The molecule has 1 amide bonds. The quantitative estimate of drug-likeness (QED) is 0.904. The molecule has 0 saturated heterocycles. The van der Waals surface area contributed by atoms with Crippen molar-refractivity contribution < 1.29 is 17.6 Å². The number of furan rings is 1. The third kappa shape index (κ3) is 3.20. The first-order valence-corrected chi connectivity index (χ1v) is 8.15. The molecular weight excluding hydrogens is 304 g/mol. The summed E-state index contributed by atoms with van der Waals surface area (Å²) in [4.78, 5) is 12.2.